The van der Waals surface area contributed by atoms with Gasteiger partial charge in [-0.15, -0.1) is 11.3 Å². The summed E-state index contributed by atoms with van der Waals surface area (Å²) in [6.07, 6.45) is 0.421. The van der Waals surface area contributed by atoms with Crippen LogP contribution in [-0.4, -0.2) is 10.8 Å². The molecular weight excluding hydrogens is 286 g/mol. The third kappa shape index (κ3) is 2.77. The van der Waals surface area contributed by atoms with Crippen LogP contribution in [0.3, 0.4) is 0 Å². The summed E-state index contributed by atoms with van der Waals surface area (Å²) >= 11 is 5.00. The zero-order chi connectivity index (χ0) is 11.5. The van der Waals surface area contributed by atoms with Crippen LogP contribution in [0.25, 0.3) is 10.6 Å². The average molecular weight is 296 g/mol. The fraction of sp³-hybridized carbons (Fsp3) is 0.167. The van der Waals surface area contributed by atoms with Crippen LogP contribution >= 0.6 is 27.3 Å². The number of ketones is 1. The maximum atomic E-state index is 11.0. The SMILES string of the molecule is CC(=O)Cc1csc(-c2cccc(Br)c2)n1. The van der Waals surface area contributed by atoms with Gasteiger partial charge in [0.05, 0.1) is 5.69 Å². The third-order valence-corrected chi connectivity index (χ3v) is 3.49. The second-order valence-electron chi connectivity index (χ2n) is 3.53. The highest BCUT2D eigenvalue weighted by molar-refractivity contribution is 9.10. The Morgan fingerprint density at radius 1 is 1.50 bits per heavy atom. The lowest BCUT2D eigenvalue weighted by Crippen LogP contribution is -1.95. The predicted octanol–water partition coefficient (Wildman–Crippen LogP) is 3.70. The first-order chi connectivity index (χ1) is 7.65. The summed E-state index contributed by atoms with van der Waals surface area (Å²) < 4.78 is 1.04. The molecule has 0 aliphatic carbocycles. The monoisotopic (exact) mass is 295 g/mol. The summed E-state index contributed by atoms with van der Waals surface area (Å²) in [7, 11) is 0. The van der Waals surface area contributed by atoms with E-state index in [1.807, 2.05) is 29.6 Å². The number of benzene rings is 1. The number of aromatic nitrogens is 1. The summed E-state index contributed by atoms with van der Waals surface area (Å²) in [6.45, 7) is 1.58. The van der Waals surface area contributed by atoms with Gasteiger partial charge in [-0.25, -0.2) is 4.98 Å². The lowest BCUT2D eigenvalue weighted by molar-refractivity contribution is -0.116. The molecule has 0 aliphatic rings. The van der Waals surface area contributed by atoms with E-state index in [0.29, 0.717) is 6.42 Å². The van der Waals surface area contributed by atoms with Crippen molar-refractivity contribution < 1.29 is 4.79 Å². The highest BCUT2D eigenvalue weighted by Gasteiger charge is 2.06. The van der Waals surface area contributed by atoms with Crippen molar-refractivity contribution in [1.82, 2.24) is 4.98 Å². The molecule has 4 heteroatoms. The molecule has 0 saturated heterocycles. The number of Topliss-reactive ketones (excluding diaryl/α,β-unsaturated/α-hetero) is 1. The van der Waals surface area contributed by atoms with E-state index in [4.69, 9.17) is 0 Å². The number of halogens is 1. The Morgan fingerprint density at radius 3 is 3.00 bits per heavy atom. The molecular formula is C12H10BrNOS. The number of nitrogens with zero attached hydrogens (tertiary/aromatic N) is 1. The van der Waals surface area contributed by atoms with E-state index in [1.165, 1.54) is 0 Å². The standard InChI is InChI=1S/C12H10BrNOS/c1-8(15)5-11-7-16-12(14-11)9-3-2-4-10(13)6-9/h2-4,6-7H,5H2,1H3. The van der Waals surface area contributed by atoms with Gasteiger partial charge in [-0.3, -0.25) is 4.79 Å². The van der Waals surface area contributed by atoms with Gasteiger partial charge in [0, 0.05) is 21.8 Å². The summed E-state index contributed by atoms with van der Waals surface area (Å²) in [5, 5.41) is 2.90. The summed E-state index contributed by atoms with van der Waals surface area (Å²) in [5.41, 5.74) is 1.93. The summed E-state index contributed by atoms with van der Waals surface area (Å²) in [6, 6.07) is 8.00. The smallest absolute Gasteiger partial charge is 0.135 e. The van der Waals surface area contributed by atoms with Gasteiger partial charge in [0.25, 0.3) is 0 Å². The maximum absolute atomic E-state index is 11.0. The molecule has 0 spiro atoms. The van der Waals surface area contributed by atoms with E-state index in [2.05, 4.69) is 20.9 Å². The predicted molar refractivity (Wildman–Crippen MR) is 69.6 cm³/mol. The second-order valence-corrected chi connectivity index (χ2v) is 5.31. The molecule has 1 heterocycles. The number of hydrogen-bond donors (Lipinski definition) is 0. The fourth-order valence-electron chi connectivity index (χ4n) is 1.40. The number of hydrogen-bond acceptors (Lipinski definition) is 3. The molecule has 0 atom stereocenters. The Morgan fingerprint density at radius 2 is 2.31 bits per heavy atom. The molecule has 2 nitrogen and oxygen atoms in total. The van der Waals surface area contributed by atoms with Gasteiger partial charge in [0.15, 0.2) is 0 Å². The van der Waals surface area contributed by atoms with Gasteiger partial charge >= 0.3 is 0 Å². The van der Waals surface area contributed by atoms with Crippen molar-refractivity contribution in [3.63, 3.8) is 0 Å². The first-order valence-corrected chi connectivity index (χ1v) is 6.52. The van der Waals surface area contributed by atoms with E-state index in [9.17, 15) is 4.79 Å². The number of carbonyl (C=O) groups is 1. The molecule has 2 rings (SSSR count). The zero-order valence-corrected chi connectivity index (χ0v) is 11.1. The molecule has 0 radical (unpaired) electrons. The Kier molecular flexibility index (Phi) is 3.51. The molecule has 0 N–H and O–H groups in total. The number of rotatable bonds is 3. The second kappa shape index (κ2) is 4.89. The Hall–Kier alpha value is -1.00. The molecule has 0 unspecified atom stereocenters. The molecule has 16 heavy (non-hydrogen) atoms. The van der Waals surface area contributed by atoms with Gasteiger partial charge in [-0.1, -0.05) is 28.1 Å². The van der Waals surface area contributed by atoms with Gasteiger partial charge < -0.3 is 0 Å². The van der Waals surface area contributed by atoms with E-state index < -0.39 is 0 Å². The highest BCUT2D eigenvalue weighted by Crippen LogP contribution is 2.26. The molecule has 0 aliphatic heterocycles. The highest BCUT2D eigenvalue weighted by atomic mass is 79.9. The van der Waals surface area contributed by atoms with Crippen LogP contribution in [0, 0.1) is 0 Å². The van der Waals surface area contributed by atoms with E-state index >= 15 is 0 Å². The molecule has 0 saturated carbocycles. The first-order valence-electron chi connectivity index (χ1n) is 4.85. The van der Waals surface area contributed by atoms with Gasteiger partial charge in [-0.2, -0.15) is 0 Å². The average Bonchev–Trinajstić information content (AvgIpc) is 2.65. The van der Waals surface area contributed by atoms with Gasteiger partial charge in [0.2, 0.25) is 0 Å². The zero-order valence-electron chi connectivity index (χ0n) is 8.74. The summed E-state index contributed by atoms with van der Waals surface area (Å²) in [4.78, 5) is 15.4. The lowest BCUT2D eigenvalue weighted by atomic mass is 10.2. The first kappa shape index (κ1) is 11.5. The minimum Gasteiger partial charge on any atom is -0.300 e. The van der Waals surface area contributed by atoms with Crippen LogP contribution < -0.4 is 0 Å². The van der Waals surface area contributed by atoms with E-state index in [0.717, 1.165) is 20.7 Å². The van der Waals surface area contributed by atoms with Crippen molar-refractivity contribution in [1.29, 1.82) is 0 Å². The molecule has 0 fully saturated rings. The Labute approximate surface area is 106 Å². The van der Waals surface area contributed by atoms with Crippen LogP contribution in [0.15, 0.2) is 34.1 Å². The number of carbonyl (C=O) groups excluding carboxylic acids is 1. The van der Waals surface area contributed by atoms with Crippen LogP contribution in [0.5, 0.6) is 0 Å². The van der Waals surface area contributed by atoms with Crippen LogP contribution in [0.4, 0.5) is 0 Å². The molecule has 2 aromatic rings. The van der Waals surface area contributed by atoms with E-state index in [1.54, 1.807) is 18.3 Å². The Balaban J connectivity index is 2.28. The quantitative estimate of drug-likeness (QED) is 0.864. The normalized spacial score (nSPS) is 10.4. The number of thiazole rings is 1. The van der Waals surface area contributed by atoms with Gasteiger partial charge in [0.1, 0.15) is 10.8 Å². The Bertz CT molecular complexity index is 521. The van der Waals surface area contributed by atoms with Crippen molar-refractivity contribution >= 4 is 33.0 Å². The topological polar surface area (TPSA) is 30.0 Å². The molecule has 0 bridgehead atoms. The van der Waals surface area contributed by atoms with Gasteiger partial charge in [-0.05, 0) is 19.1 Å². The maximum Gasteiger partial charge on any atom is 0.135 e. The van der Waals surface area contributed by atoms with E-state index in [-0.39, 0.29) is 5.78 Å². The van der Waals surface area contributed by atoms with Crippen LogP contribution in [-0.2, 0) is 11.2 Å². The van der Waals surface area contributed by atoms with Crippen LogP contribution in [0.1, 0.15) is 12.6 Å². The minimum atomic E-state index is 0.145. The van der Waals surface area contributed by atoms with Crippen LogP contribution in [0.2, 0.25) is 0 Å². The third-order valence-electron chi connectivity index (χ3n) is 2.05. The molecule has 1 aromatic heterocycles. The summed E-state index contributed by atoms with van der Waals surface area (Å²) in [5.74, 6) is 0.145. The van der Waals surface area contributed by atoms with Crippen molar-refractivity contribution in [3.05, 3.63) is 39.8 Å². The fourth-order valence-corrected chi connectivity index (χ4v) is 2.61. The van der Waals surface area contributed by atoms with Crippen molar-refractivity contribution in [3.8, 4) is 10.6 Å². The van der Waals surface area contributed by atoms with Crippen molar-refractivity contribution in [2.45, 2.75) is 13.3 Å². The molecule has 1 aromatic carbocycles. The molecule has 0 amide bonds. The largest absolute Gasteiger partial charge is 0.300 e. The lowest BCUT2D eigenvalue weighted by Gasteiger charge is -1.96. The van der Waals surface area contributed by atoms with Crippen molar-refractivity contribution in [2.24, 2.45) is 0 Å². The minimum absolute atomic E-state index is 0.145. The molecule has 82 valence electrons. The van der Waals surface area contributed by atoms with Crippen molar-refractivity contribution in [2.75, 3.05) is 0 Å².